The summed E-state index contributed by atoms with van der Waals surface area (Å²) in [5, 5.41) is 28.6. The molecule has 0 radical (unpaired) electrons. The molecule has 1 aromatic carbocycles. The SMILES string of the molecule is CC(C)C[C@H](N)C(=O)N[C@@H](Cc1ccc(O)cc1)C(=O)N[C@@H](CCCN=C(N)N)C(=O)N[C@@H](C)C(=O)N[C@@H](CC(=O)O)C(=O)NN. The Morgan fingerprint density at radius 1 is 0.804 bits per heavy atom. The lowest BCUT2D eigenvalue weighted by Crippen LogP contribution is -2.59. The smallest absolute Gasteiger partial charge is 0.305 e. The van der Waals surface area contributed by atoms with Gasteiger partial charge in [0.15, 0.2) is 5.96 Å². The van der Waals surface area contributed by atoms with E-state index in [4.69, 9.17) is 28.2 Å². The van der Waals surface area contributed by atoms with Crippen molar-refractivity contribution < 1.29 is 39.0 Å². The van der Waals surface area contributed by atoms with E-state index in [0.29, 0.717) is 12.0 Å². The van der Waals surface area contributed by atoms with Gasteiger partial charge in [0.25, 0.3) is 5.91 Å². The average molecular weight is 651 g/mol. The molecule has 0 aromatic heterocycles. The molecule has 0 aliphatic heterocycles. The second kappa shape index (κ2) is 19.4. The molecule has 5 amide bonds. The third-order valence-corrected chi connectivity index (χ3v) is 6.56. The minimum absolute atomic E-state index is 0.00125. The quantitative estimate of drug-likeness (QED) is 0.0176. The van der Waals surface area contributed by atoms with E-state index >= 15 is 0 Å². The highest BCUT2D eigenvalue weighted by Gasteiger charge is 2.31. The normalized spacial score (nSPS) is 14.0. The van der Waals surface area contributed by atoms with E-state index in [0.717, 1.165) is 0 Å². The number of phenolic OH excluding ortho intramolecular Hbond substituents is 1. The highest BCUT2D eigenvalue weighted by molar-refractivity contribution is 5.96. The molecule has 0 fully saturated rings. The molecule has 5 atom stereocenters. The number of nitrogens with one attached hydrogen (secondary N) is 5. The lowest BCUT2D eigenvalue weighted by Gasteiger charge is -2.26. The van der Waals surface area contributed by atoms with Gasteiger partial charge in [-0.25, -0.2) is 5.84 Å². The number of carbonyl (C=O) groups excluding carboxylic acids is 5. The summed E-state index contributed by atoms with van der Waals surface area (Å²) in [4.78, 5) is 79.4. The van der Waals surface area contributed by atoms with Crippen LogP contribution in [0.1, 0.15) is 52.0 Å². The molecule has 0 aliphatic rings. The number of aliphatic imine (C=N–C) groups is 1. The van der Waals surface area contributed by atoms with Gasteiger partial charge in [-0.1, -0.05) is 26.0 Å². The van der Waals surface area contributed by atoms with Crippen LogP contribution in [-0.4, -0.2) is 88.4 Å². The van der Waals surface area contributed by atoms with Crippen molar-refractivity contribution in [2.75, 3.05) is 6.54 Å². The molecular formula is C28H46N10O8. The molecule has 0 unspecified atom stereocenters. The van der Waals surface area contributed by atoms with Gasteiger partial charge in [0.2, 0.25) is 23.6 Å². The lowest BCUT2D eigenvalue weighted by atomic mass is 10.0. The van der Waals surface area contributed by atoms with E-state index in [9.17, 15) is 33.9 Å². The number of hydrogen-bond donors (Lipinski definition) is 11. The molecule has 1 rings (SSSR count). The summed E-state index contributed by atoms with van der Waals surface area (Å²) in [5.74, 6) is -0.367. The van der Waals surface area contributed by atoms with Crippen LogP contribution in [0, 0.1) is 5.92 Å². The summed E-state index contributed by atoms with van der Waals surface area (Å²) in [7, 11) is 0. The van der Waals surface area contributed by atoms with Gasteiger partial charge >= 0.3 is 5.97 Å². The van der Waals surface area contributed by atoms with Crippen LogP contribution in [0.25, 0.3) is 0 Å². The monoisotopic (exact) mass is 650 g/mol. The number of hydrogen-bond acceptors (Lipinski definition) is 10. The fourth-order valence-electron chi connectivity index (χ4n) is 4.18. The fourth-order valence-corrected chi connectivity index (χ4v) is 4.18. The number of nitrogens with two attached hydrogens (primary N) is 4. The molecule has 0 spiro atoms. The first-order chi connectivity index (χ1) is 21.5. The first-order valence-corrected chi connectivity index (χ1v) is 14.6. The van der Waals surface area contributed by atoms with E-state index in [2.05, 4.69) is 26.3 Å². The first kappa shape index (κ1) is 39.1. The van der Waals surface area contributed by atoms with Crippen molar-refractivity contribution in [3.8, 4) is 5.75 Å². The van der Waals surface area contributed by atoms with Crippen LogP contribution in [-0.2, 0) is 35.2 Å². The average Bonchev–Trinajstić information content (AvgIpc) is 2.97. The van der Waals surface area contributed by atoms with Gasteiger partial charge in [0.05, 0.1) is 12.5 Å². The molecular weight excluding hydrogens is 604 g/mol. The molecule has 46 heavy (non-hydrogen) atoms. The van der Waals surface area contributed by atoms with Gasteiger partial charge in [-0.3, -0.25) is 39.2 Å². The standard InChI is InChI=1S/C28H46N10O8/c1-14(2)11-18(29)24(43)37-20(12-16-6-8-17(39)9-7-16)26(45)35-19(5-4-10-33-28(30)31)25(44)34-15(3)23(42)36-21(13-22(40)41)27(46)38-32/h6-9,14-15,18-21,39H,4-5,10-13,29,32H2,1-3H3,(H,34,44)(H,35,45)(H,36,42)(H,37,43)(H,38,46)(H,40,41)(H4,30,31,33)/t15-,18-,19-,20-,21-/m0/s1. The zero-order valence-corrected chi connectivity index (χ0v) is 26.1. The van der Waals surface area contributed by atoms with Crippen molar-refractivity contribution in [1.29, 1.82) is 0 Å². The summed E-state index contributed by atoms with van der Waals surface area (Å²) in [5.41, 5.74) is 19.1. The molecule has 0 saturated carbocycles. The minimum Gasteiger partial charge on any atom is -0.508 e. The Balaban J connectivity index is 3.20. The molecule has 256 valence electrons. The number of hydrazine groups is 1. The highest BCUT2D eigenvalue weighted by atomic mass is 16.4. The molecule has 0 aliphatic carbocycles. The Morgan fingerprint density at radius 2 is 1.37 bits per heavy atom. The first-order valence-electron chi connectivity index (χ1n) is 14.6. The summed E-state index contributed by atoms with van der Waals surface area (Å²) in [6.45, 7) is 5.17. The number of amides is 5. The Bertz CT molecular complexity index is 1240. The number of guanidine groups is 1. The Labute approximate surface area is 266 Å². The minimum atomic E-state index is -1.52. The van der Waals surface area contributed by atoms with Crippen molar-refractivity contribution in [3.63, 3.8) is 0 Å². The van der Waals surface area contributed by atoms with Crippen LogP contribution in [0.4, 0.5) is 0 Å². The van der Waals surface area contributed by atoms with Gasteiger partial charge in [-0.2, -0.15) is 0 Å². The molecule has 18 heteroatoms. The second-order valence-electron chi connectivity index (χ2n) is 11.1. The van der Waals surface area contributed by atoms with Crippen LogP contribution in [0.2, 0.25) is 0 Å². The highest BCUT2D eigenvalue weighted by Crippen LogP contribution is 2.13. The Hall–Kier alpha value is -4.97. The predicted molar refractivity (Wildman–Crippen MR) is 167 cm³/mol. The van der Waals surface area contributed by atoms with Crippen LogP contribution >= 0.6 is 0 Å². The number of aliphatic carboxylic acids is 1. The van der Waals surface area contributed by atoms with E-state index < -0.39 is 72.1 Å². The third-order valence-electron chi connectivity index (χ3n) is 6.56. The van der Waals surface area contributed by atoms with Gasteiger partial charge in [0, 0.05) is 13.0 Å². The Morgan fingerprint density at radius 3 is 1.91 bits per heavy atom. The number of carbonyl (C=O) groups is 6. The maximum atomic E-state index is 13.6. The predicted octanol–water partition coefficient (Wildman–Crippen LogP) is -3.21. The lowest BCUT2D eigenvalue weighted by molar-refractivity contribution is -0.141. The van der Waals surface area contributed by atoms with Gasteiger partial charge in [-0.15, -0.1) is 0 Å². The van der Waals surface area contributed by atoms with Crippen molar-refractivity contribution >= 4 is 41.5 Å². The van der Waals surface area contributed by atoms with Crippen molar-refractivity contribution in [2.45, 2.75) is 83.1 Å². The summed E-state index contributed by atoms with van der Waals surface area (Å²) >= 11 is 0. The van der Waals surface area contributed by atoms with Crippen molar-refractivity contribution in [3.05, 3.63) is 29.8 Å². The molecule has 0 saturated heterocycles. The number of nitrogens with zero attached hydrogens (tertiary/aromatic N) is 1. The Kier molecular flexibility index (Phi) is 16.5. The van der Waals surface area contributed by atoms with Gasteiger partial charge in [0.1, 0.15) is 29.9 Å². The zero-order valence-electron chi connectivity index (χ0n) is 26.1. The number of carboxylic acids is 1. The van der Waals surface area contributed by atoms with Crippen molar-refractivity contribution in [2.24, 2.45) is 34.0 Å². The molecule has 18 nitrogen and oxygen atoms in total. The van der Waals surface area contributed by atoms with E-state index in [1.54, 1.807) is 17.6 Å². The summed E-state index contributed by atoms with van der Waals surface area (Å²) in [6.07, 6.45) is -0.194. The fraction of sp³-hybridized carbons (Fsp3) is 0.536. The van der Waals surface area contributed by atoms with Gasteiger partial charge < -0.3 is 48.7 Å². The molecule has 1 aromatic rings. The number of rotatable bonds is 19. The zero-order chi connectivity index (χ0) is 35.0. The molecule has 15 N–H and O–H groups in total. The molecule has 0 bridgehead atoms. The number of benzene rings is 1. The van der Waals surface area contributed by atoms with E-state index in [1.807, 2.05) is 13.8 Å². The maximum Gasteiger partial charge on any atom is 0.305 e. The number of carboxylic acid groups (broad SMARTS) is 1. The van der Waals surface area contributed by atoms with E-state index in [1.165, 1.54) is 19.1 Å². The van der Waals surface area contributed by atoms with Gasteiger partial charge in [-0.05, 0) is 49.8 Å². The number of aromatic hydroxyl groups is 1. The number of phenols is 1. The maximum absolute atomic E-state index is 13.6. The summed E-state index contributed by atoms with van der Waals surface area (Å²) < 4.78 is 0. The summed E-state index contributed by atoms with van der Waals surface area (Å²) in [6, 6.07) is -0.167. The van der Waals surface area contributed by atoms with E-state index in [-0.39, 0.29) is 43.4 Å². The van der Waals surface area contributed by atoms with Crippen LogP contribution in [0.3, 0.4) is 0 Å². The van der Waals surface area contributed by atoms with Crippen LogP contribution in [0.15, 0.2) is 29.3 Å². The van der Waals surface area contributed by atoms with Crippen LogP contribution < -0.4 is 49.7 Å². The third kappa shape index (κ3) is 14.7. The topological polar surface area (TPSA) is 319 Å². The second-order valence-corrected chi connectivity index (χ2v) is 11.1. The largest absolute Gasteiger partial charge is 0.508 e. The molecule has 0 heterocycles. The van der Waals surface area contributed by atoms with Crippen molar-refractivity contribution in [1.82, 2.24) is 26.7 Å². The van der Waals surface area contributed by atoms with Crippen LogP contribution in [0.5, 0.6) is 5.75 Å².